The first-order valence-corrected chi connectivity index (χ1v) is 10.2. The highest BCUT2D eigenvalue weighted by Gasteiger charge is 2.05. The SMILES string of the molecule is COc1ccc(Br)cc1/C=C/C(=O)NC(=S)Nc1ccc(NC(=S)NC(C)=O)cc1. The van der Waals surface area contributed by atoms with E-state index >= 15 is 0 Å². The summed E-state index contributed by atoms with van der Waals surface area (Å²) < 4.78 is 6.14. The number of carbonyl (C=O) groups is 2. The zero-order chi connectivity index (χ0) is 22.1. The maximum Gasteiger partial charge on any atom is 0.250 e. The monoisotopic (exact) mass is 506 g/mol. The second-order valence-electron chi connectivity index (χ2n) is 5.88. The molecule has 0 aliphatic carbocycles. The lowest BCUT2D eigenvalue weighted by molar-refractivity contribution is -0.117. The first kappa shape index (κ1) is 23.5. The largest absolute Gasteiger partial charge is 0.496 e. The Morgan fingerprint density at radius 3 is 2.07 bits per heavy atom. The summed E-state index contributed by atoms with van der Waals surface area (Å²) in [6.07, 6.45) is 3.01. The maximum absolute atomic E-state index is 12.1. The molecule has 0 aliphatic rings. The molecule has 10 heteroatoms. The van der Waals surface area contributed by atoms with E-state index in [1.54, 1.807) is 43.5 Å². The molecule has 0 heterocycles. The number of anilines is 2. The summed E-state index contributed by atoms with van der Waals surface area (Å²) in [7, 11) is 1.56. The number of ether oxygens (including phenoxy) is 1. The van der Waals surface area contributed by atoms with Crippen LogP contribution in [-0.4, -0.2) is 29.1 Å². The molecule has 0 spiro atoms. The number of hydrogen-bond donors (Lipinski definition) is 4. The Kier molecular flexibility index (Phi) is 8.90. The molecule has 0 unspecified atom stereocenters. The lowest BCUT2D eigenvalue weighted by Gasteiger charge is -2.11. The molecule has 0 saturated carbocycles. The first-order chi connectivity index (χ1) is 14.3. The number of hydrogen-bond acceptors (Lipinski definition) is 5. The van der Waals surface area contributed by atoms with Crippen molar-refractivity contribution in [2.45, 2.75) is 6.92 Å². The molecule has 0 radical (unpaired) electrons. The quantitative estimate of drug-likeness (QED) is 0.362. The predicted molar refractivity (Wildman–Crippen MR) is 131 cm³/mol. The zero-order valence-electron chi connectivity index (χ0n) is 16.1. The Labute approximate surface area is 193 Å². The fourth-order valence-corrected chi connectivity index (χ4v) is 3.13. The summed E-state index contributed by atoms with van der Waals surface area (Å²) in [4.78, 5) is 23.1. The van der Waals surface area contributed by atoms with Crippen LogP contribution in [0.2, 0.25) is 0 Å². The van der Waals surface area contributed by atoms with Gasteiger partial charge in [0, 0.05) is 34.4 Å². The van der Waals surface area contributed by atoms with E-state index in [-0.39, 0.29) is 22.0 Å². The summed E-state index contributed by atoms with van der Waals surface area (Å²) in [6, 6.07) is 12.5. The molecule has 7 nitrogen and oxygen atoms in total. The molecule has 2 amide bonds. The highest BCUT2D eigenvalue weighted by atomic mass is 79.9. The van der Waals surface area contributed by atoms with Gasteiger partial charge in [-0.3, -0.25) is 14.9 Å². The normalized spacial score (nSPS) is 10.2. The Bertz CT molecular complexity index is 994. The lowest BCUT2D eigenvalue weighted by Crippen LogP contribution is -2.33. The van der Waals surface area contributed by atoms with E-state index in [9.17, 15) is 9.59 Å². The van der Waals surface area contributed by atoms with Gasteiger partial charge in [-0.05, 0) is 73.0 Å². The van der Waals surface area contributed by atoms with E-state index in [2.05, 4.69) is 37.2 Å². The van der Waals surface area contributed by atoms with E-state index in [4.69, 9.17) is 29.2 Å². The van der Waals surface area contributed by atoms with Crippen LogP contribution in [0.1, 0.15) is 12.5 Å². The molecule has 4 N–H and O–H groups in total. The number of amides is 2. The third kappa shape index (κ3) is 7.90. The van der Waals surface area contributed by atoms with Gasteiger partial charge >= 0.3 is 0 Å². The molecular formula is C20H19BrN4O3S2. The van der Waals surface area contributed by atoms with Gasteiger partial charge in [0.15, 0.2) is 10.2 Å². The van der Waals surface area contributed by atoms with Crippen LogP contribution in [0, 0.1) is 0 Å². The highest BCUT2D eigenvalue weighted by molar-refractivity contribution is 9.10. The molecule has 0 atom stereocenters. The minimum Gasteiger partial charge on any atom is -0.496 e. The number of carbonyl (C=O) groups excluding carboxylic acids is 2. The molecule has 0 aromatic heterocycles. The summed E-state index contributed by atoms with van der Waals surface area (Å²) >= 11 is 13.6. The molecule has 0 aliphatic heterocycles. The third-order valence-corrected chi connectivity index (χ3v) is 4.43. The van der Waals surface area contributed by atoms with Gasteiger partial charge in [0.1, 0.15) is 5.75 Å². The smallest absolute Gasteiger partial charge is 0.250 e. The molecule has 0 saturated heterocycles. The third-order valence-electron chi connectivity index (χ3n) is 3.53. The molecule has 2 aromatic carbocycles. The van der Waals surface area contributed by atoms with E-state index < -0.39 is 0 Å². The van der Waals surface area contributed by atoms with Gasteiger partial charge in [-0.15, -0.1) is 0 Å². The van der Waals surface area contributed by atoms with Gasteiger partial charge in [0.2, 0.25) is 11.8 Å². The molecule has 0 fully saturated rings. The summed E-state index contributed by atoms with van der Waals surface area (Å²) in [5, 5.41) is 11.2. The van der Waals surface area contributed by atoms with Crippen molar-refractivity contribution in [2.24, 2.45) is 0 Å². The van der Waals surface area contributed by atoms with Gasteiger partial charge in [-0.1, -0.05) is 15.9 Å². The van der Waals surface area contributed by atoms with Gasteiger partial charge < -0.3 is 20.7 Å². The summed E-state index contributed by atoms with van der Waals surface area (Å²) in [6.45, 7) is 1.38. The molecule has 2 aromatic rings. The van der Waals surface area contributed by atoms with Crippen LogP contribution < -0.4 is 26.0 Å². The van der Waals surface area contributed by atoms with E-state index in [0.29, 0.717) is 17.1 Å². The Morgan fingerprint density at radius 1 is 0.967 bits per heavy atom. The topological polar surface area (TPSA) is 91.5 Å². The fourth-order valence-electron chi connectivity index (χ4n) is 2.28. The Hall–Kier alpha value is -2.82. The van der Waals surface area contributed by atoms with Crippen molar-refractivity contribution in [1.29, 1.82) is 0 Å². The van der Waals surface area contributed by atoms with Gasteiger partial charge in [-0.2, -0.15) is 0 Å². The van der Waals surface area contributed by atoms with Crippen LogP contribution in [0.4, 0.5) is 11.4 Å². The van der Waals surface area contributed by atoms with Gasteiger partial charge in [-0.25, -0.2) is 0 Å². The zero-order valence-corrected chi connectivity index (χ0v) is 19.3. The van der Waals surface area contributed by atoms with Gasteiger partial charge in [0.05, 0.1) is 7.11 Å². The van der Waals surface area contributed by atoms with Crippen LogP contribution in [0.25, 0.3) is 6.08 Å². The Morgan fingerprint density at radius 2 is 1.53 bits per heavy atom. The number of benzene rings is 2. The molecule has 156 valence electrons. The van der Waals surface area contributed by atoms with E-state index in [1.807, 2.05) is 12.1 Å². The molecule has 2 rings (SSSR count). The predicted octanol–water partition coefficient (Wildman–Crippen LogP) is 3.82. The Balaban J connectivity index is 1.89. The first-order valence-electron chi connectivity index (χ1n) is 8.59. The van der Waals surface area contributed by atoms with Crippen LogP contribution in [0.5, 0.6) is 5.75 Å². The highest BCUT2D eigenvalue weighted by Crippen LogP contribution is 2.24. The van der Waals surface area contributed by atoms with Crippen LogP contribution in [0.3, 0.4) is 0 Å². The molecular weight excluding hydrogens is 488 g/mol. The molecule has 0 bridgehead atoms. The minimum atomic E-state index is -0.381. The number of thiocarbonyl (C=S) groups is 2. The number of nitrogens with one attached hydrogen (secondary N) is 4. The standard InChI is InChI=1S/C20H19BrN4O3S2/c1-12(26)22-19(29)23-15-5-7-16(8-6-15)24-20(30)25-18(27)10-3-13-11-14(21)4-9-17(13)28-2/h3-11H,1-2H3,(H2,22,23,26,29)(H2,24,25,27,30)/b10-3+. The van der Waals surface area contributed by atoms with E-state index in [1.165, 1.54) is 13.0 Å². The summed E-state index contributed by atoms with van der Waals surface area (Å²) in [5.41, 5.74) is 2.12. The summed E-state index contributed by atoms with van der Waals surface area (Å²) in [5.74, 6) is 0.0161. The van der Waals surface area contributed by atoms with Crippen LogP contribution in [-0.2, 0) is 9.59 Å². The van der Waals surface area contributed by atoms with Crippen molar-refractivity contribution in [3.63, 3.8) is 0 Å². The average molecular weight is 507 g/mol. The average Bonchev–Trinajstić information content (AvgIpc) is 2.67. The number of rotatable bonds is 5. The second kappa shape index (κ2) is 11.4. The van der Waals surface area contributed by atoms with Crippen molar-refractivity contribution in [3.05, 3.63) is 58.6 Å². The molecule has 30 heavy (non-hydrogen) atoms. The van der Waals surface area contributed by atoms with Crippen LogP contribution in [0.15, 0.2) is 53.0 Å². The second-order valence-corrected chi connectivity index (χ2v) is 7.61. The fraction of sp³-hybridized carbons (Fsp3) is 0.100. The van der Waals surface area contributed by atoms with Crippen molar-refractivity contribution >= 4 is 79.9 Å². The van der Waals surface area contributed by atoms with Crippen LogP contribution >= 0.6 is 40.4 Å². The lowest BCUT2D eigenvalue weighted by atomic mass is 10.2. The van der Waals surface area contributed by atoms with Crippen molar-refractivity contribution in [1.82, 2.24) is 10.6 Å². The number of methoxy groups -OCH3 is 1. The van der Waals surface area contributed by atoms with Crippen molar-refractivity contribution in [2.75, 3.05) is 17.7 Å². The number of halogens is 1. The van der Waals surface area contributed by atoms with E-state index in [0.717, 1.165) is 10.0 Å². The maximum atomic E-state index is 12.1. The minimum absolute atomic E-state index is 0.153. The van der Waals surface area contributed by atoms with Crippen molar-refractivity contribution in [3.8, 4) is 5.75 Å². The van der Waals surface area contributed by atoms with Gasteiger partial charge in [0.25, 0.3) is 0 Å². The van der Waals surface area contributed by atoms with Crippen molar-refractivity contribution < 1.29 is 14.3 Å².